The molecule has 9 heteroatoms. The van der Waals surface area contributed by atoms with E-state index in [1.165, 1.54) is 10.9 Å². The van der Waals surface area contributed by atoms with E-state index in [-0.39, 0.29) is 19.2 Å². The fourth-order valence-corrected chi connectivity index (χ4v) is 2.66. The summed E-state index contributed by atoms with van der Waals surface area (Å²) in [5, 5.41) is 19.9. The fraction of sp³-hybridized carbons (Fsp3) is 0.250. The van der Waals surface area contributed by atoms with E-state index in [4.69, 9.17) is 14.2 Å². The standard InChI is InChI=1S/C16H14N4O5/c1-10(23-8-19-17-12-4-2-3-5-13(12)18-19)11-6-15-16(25-9-24-15)7-14(11)20(21)22/h2-7,10H,8-9H2,1H3. The van der Waals surface area contributed by atoms with Crippen molar-refractivity contribution in [2.24, 2.45) is 0 Å². The molecule has 0 amide bonds. The van der Waals surface area contributed by atoms with Gasteiger partial charge in [-0.15, -0.1) is 0 Å². The highest BCUT2D eigenvalue weighted by Gasteiger charge is 2.26. The van der Waals surface area contributed by atoms with Gasteiger partial charge in [0, 0.05) is 0 Å². The van der Waals surface area contributed by atoms with E-state index < -0.39 is 11.0 Å². The van der Waals surface area contributed by atoms with Crippen molar-refractivity contribution in [2.75, 3.05) is 6.79 Å². The lowest BCUT2D eigenvalue weighted by Crippen LogP contribution is -2.10. The molecule has 1 aliphatic heterocycles. The van der Waals surface area contributed by atoms with Crippen LogP contribution in [0.5, 0.6) is 11.5 Å². The average Bonchev–Trinajstić information content (AvgIpc) is 3.23. The third-order valence-corrected chi connectivity index (χ3v) is 3.92. The second kappa shape index (κ2) is 6.02. The van der Waals surface area contributed by atoms with Crippen LogP contribution in [0.4, 0.5) is 5.69 Å². The van der Waals surface area contributed by atoms with Gasteiger partial charge < -0.3 is 14.2 Å². The predicted molar refractivity (Wildman–Crippen MR) is 86.2 cm³/mol. The highest BCUT2D eigenvalue weighted by atomic mass is 16.7. The first-order valence-electron chi connectivity index (χ1n) is 7.61. The van der Waals surface area contributed by atoms with E-state index in [0.717, 1.165) is 11.0 Å². The molecule has 2 heterocycles. The van der Waals surface area contributed by atoms with Crippen LogP contribution in [0.1, 0.15) is 18.6 Å². The first-order valence-corrected chi connectivity index (χ1v) is 7.61. The lowest BCUT2D eigenvalue weighted by Gasteiger charge is -2.13. The summed E-state index contributed by atoms with van der Waals surface area (Å²) in [6.45, 7) is 1.85. The van der Waals surface area contributed by atoms with Crippen LogP contribution in [0.2, 0.25) is 0 Å². The van der Waals surface area contributed by atoms with Crippen molar-refractivity contribution >= 4 is 16.7 Å². The molecule has 1 aliphatic rings. The van der Waals surface area contributed by atoms with Crippen molar-refractivity contribution in [2.45, 2.75) is 19.8 Å². The molecule has 0 N–H and O–H groups in total. The van der Waals surface area contributed by atoms with E-state index in [0.29, 0.717) is 17.1 Å². The van der Waals surface area contributed by atoms with Crippen molar-refractivity contribution in [1.29, 1.82) is 0 Å². The molecular formula is C16H14N4O5. The van der Waals surface area contributed by atoms with Crippen LogP contribution in [0.25, 0.3) is 11.0 Å². The van der Waals surface area contributed by atoms with Crippen LogP contribution in [0.3, 0.4) is 0 Å². The summed E-state index contributed by atoms with van der Waals surface area (Å²) in [6, 6.07) is 10.4. The number of nitrogens with zero attached hydrogens (tertiary/aromatic N) is 4. The summed E-state index contributed by atoms with van der Waals surface area (Å²) in [5.41, 5.74) is 1.85. The minimum absolute atomic E-state index is 0.0506. The summed E-state index contributed by atoms with van der Waals surface area (Å²) in [6.07, 6.45) is -0.552. The highest BCUT2D eigenvalue weighted by molar-refractivity contribution is 5.72. The summed E-state index contributed by atoms with van der Waals surface area (Å²) in [7, 11) is 0. The first-order chi connectivity index (χ1) is 12.1. The molecule has 9 nitrogen and oxygen atoms in total. The zero-order valence-corrected chi connectivity index (χ0v) is 13.3. The third kappa shape index (κ3) is 2.85. The maximum Gasteiger partial charge on any atom is 0.279 e. The molecule has 0 fully saturated rings. The number of hydrogen-bond donors (Lipinski definition) is 0. The van der Waals surface area contributed by atoms with E-state index in [1.54, 1.807) is 13.0 Å². The van der Waals surface area contributed by atoms with Gasteiger partial charge in [-0.2, -0.15) is 15.0 Å². The van der Waals surface area contributed by atoms with E-state index >= 15 is 0 Å². The Hall–Kier alpha value is -3.20. The largest absolute Gasteiger partial charge is 0.454 e. The zero-order valence-electron chi connectivity index (χ0n) is 13.3. The van der Waals surface area contributed by atoms with Crippen molar-refractivity contribution in [1.82, 2.24) is 15.0 Å². The maximum absolute atomic E-state index is 11.3. The van der Waals surface area contributed by atoms with Crippen LogP contribution in [0, 0.1) is 10.1 Å². The molecule has 4 rings (SSSR count). The van der Waals surface area contributed by atoms with Gasteiger partial charge in [-0.25, -0.2) is 0 Å². The van der Waals surface area contributed by atoms with Gasteiger partial charge in [0.2, 0.25) is 6.79 Å². The van der Waals surface area contributed by atoms with E-state index in [9.17, 15) is 10.1 Å². The Kier molecular flexibility index (Phi) is 3.69. The average molecular weight is 342 g/mol. The summed E-state index contributed by atoms with van der Waals surface area (Å²) < 4.78 is 16.2. The number of nitro benzene ring substituents is 1. The molecule has 0 radical (unpaired) electrons. The number of aromatic nitrogens is 3. The lowest BCUT2D eigenvalue weighted by molar-refractivity contribution is -0.386. The van der Waals surface area contributed by atoms with Gasteiger partial charge >= 0.3 is 0 Å². The van der Waals surface area contributed by atoms with Crippen molar-refractivity contribution in [3.63, 3.8) is 0 Å². The number of rotatable bonds is 5. The Morgan fingerprint density at radius 3 is 2.52 bits per heavy atom. The summed E-state index contributed by atoms with van der Waals surface area (Å²) in [4.78, 5) is 12.3. The molecule has 0 spiro atoms. The number of benzene rings is 2. The molecule has 1 aromatic heterocycles. The van der Waals surface area contributed by atoms with Crippen molar-refractivity contribution in [3.8, 4) is 11.5 Å². The second-order valence-corrected chi connectivity index (χ2v) is 5.52. The summed E-state index contributed by atoms with van der Waals surface area (Å²) >= 11 is 0. The van der Waals surface area contributed by atoms with Crippen LogP contribution < -0.4 is 9.47 Å². The monoisotopic (exact) mass is 342 g/mol. The Morgan fingerprint density at radius 2 is 1.88 bits per heavy atom. The summed E-state index contributed by atoms with van der Waals surface area (Å²) in [5.74, 6) is 0.835. The minimum Gasteiger partial charge on any atom is -0.454 e. The maximum atomic E-state index is 11.3. The molecule has 1 unspecified atom stereocenters. The normalized spacial score (nSPS) is 14.0. The quantitative estimate of drug-likeness (QED) is 0.519. The predicted octanol–water partition coefficient (Wildman–Crippen LogP) is 2.80. The van der Waals surface area contributed by atoms with E-state index in [1.807, 2.05) is 24.3 Å². The van der Waals surface area contributed by atoms with Crippen LogP contribution in [-0.4, -0.2) is 26.7 Å². The first kappa shape index (κ1) is 15.3. The lowest BCUT2D eigenvalue weighted by atomic mass is 10.1. The Balaban J connectivity index is 1.56. The fourth-order valence-electron chi connectivity index (χ4n) is 2.66. The van der Waals surface area contributed by atoms with Crippen molar-refractivity contribution < 1.29 is 19.1 Å². The topological polar surface area (TPSA) is 102 Å². The number of ether oxygens (including phenoxy) is 3. The molecule has 0 saturated carbocycles. The zero-order chi connectivity index (χ0) is 17.4. The van der Waals surface area contributed by atoms with E-state index in [2.05, 4.69) is 10.2 Å². The second-order valence-electron chi connectivity index (χ2n) is 5.52. The van der Waals surface area contributed by atoms with Crippen LogP contribution in [-0.2, 0) is 11.5 Å². The van der Waals surface area contributed by atoms with Gasteiger partial charge in [-0.05, 0) is 25.1 Å². The smallest absolute Gasteiger partial charge is 0.279 e. The van der Waals surface area contributed by atoms with Crippen LogP contribution >= 0.6 is 0 Å². The molecule has 2 aromatic carbocycles. The van der Waals surface area contributed by atoms with Crippen LogP contribution in [0.15, 0.2) is 36.4 Å². The van der Waals surface area contributed by atoms with Gasteiger partial charge in [0.1, 0.15) is 11.0 Å². The molecule has 25 heavy (non-hydrogen) atoms. The van der Waals surface area contributed by atoms with Gasteiger partial charge in [0.25, 0.3) is 5.69 Å². The third-order valence-electron chi connectivity index (χ3n) is 3.92. The SMILES string of the molecule is CC(OCn1nc2ccccc2n1)c1cc2c(cc1[N+](=O)[O-])OCO2. The minimum atomic E-state index is -0.552. The Morgan fingerprint density at radius 1 is 1.24 bits per heavy atom. The molecule has 1 atom stereocenters. The van der Waals surface area contributed by atoms with Gasteiger partial charge in [-0.3, -0.25) is 10.1 Å². The molecule has 128 valence electrons. The Labute approximate surface area is 141 Å². The van der Waals surface area contributed by atoms with Crippen molar-refractivity contribution in [3.05, 3.63) is 52.1 Å². The molecule has 3 aromatic rings. The van der Waals surface area contributed by atoms with Gasteiger partial charge in [0.05, 0.1) is 22.7 Å². The number of fused-ring (bicyclic) bond motifs is 2. The number of hydrogen-bond acceptors (Lipinski definition) is 7. The number of nitro groups is 1. The molecule has 0 aliphatic carbocycles. The Bertz CT molecular complexity index is 922. The molecule has 0 saturated heterocycles. The molecule has 0 bridgehead atoms. The highest BCUT2D eigenvalue weighted by Crippen LogP contribution is 2.40. The molecular weight excluding hydrogens is 328 g/mol. The van der Waals surface area contributed by atoms with Gasteiger partial charge in [-0.1, -0.05) is 12.1 Å². The van der Waals surface area contributed by atoms with Gasteiger partial charge in [0.15, 0.2) is 18.2 Å².